The zero-order chi connectivity index (χ0) is 19.6. The highest BCUT2D eigenvalue weighted by molar-refractivity contribution is 5.94. The van der Waals surface area contributed by atoms with Gasteiger partial charge in [-0.15, -0.1) is 0 Å². The number of carbonyl (C=O) groups is 2. The number of methoxy groups -OCH3 is 3. The monoisotopic (exact) mass is 374 g/mol. The number of carbonyl (C=O) groups excluding carboxylic acids is 2. The molecule has 0 fully saturated rings. The highest BCUT2D eigenvalue weighted by Crippen LogP contribution is 2.35. The van der Waals surface area contributed by atoms with Crippen molar-refractivity contribution in [2.24, 2.45) is 0 Å². The maximum atomic E-state index is 11.9. The van der Waals surface area contributed by atoms with E-state index in [0.717, 1.165) is 0 Å². The van der Waals surface area contributed by atoms with Crippen molar-refractivity contribution in [3.8, 4) is 17.2 Å². The predicted molar refractivity (Wildman–Crippen MR) is 98.7 cm³/mol. The number of furan rings is 1. The lowest BCUT2D eigenvalue weighted by Gasteiger charge is -2.12. The van der Waals surface area contributed by atoms with Crippen LogP contribution >= 0.6 is 0 Å². The second kappa shape index (κ2) is 9.91. The van der Waals surface area contributed by atoms with Crippen LogP contribution in [0.25, 0.3) is 6.08 Å². The molecule has 0 spiro atoms. The van der Waals surface area contributed by atoms with Crippen LogP contribution in [0.15, 0.2) is 41.0 Å². The van der Waals surface area contributed by atoms with Gasteiger partial charge in [-0.3, -0.25) is 9.59 Å². The zero-order valence-corrected chi connectivity index (χ0v) is 15.4. The van der Waals surface area contributed by atoms with E-state index in [-0.39, 0.29) is 19.0 Å². The molecule has 2 rings (SSSR count). The molecule has 0 saturated heterocycles. The zero-order valence-electron chi connectivity index (χ0n) is 15.4. The quantitative estimate of drug-likeness (QED) is 0.649. The smallest absolute Gasteiger partial charge is 0.244 e. The Bertz CT molecular complexity index is 799. The standard InChI is InChI=1S/C19H22N2O6/c1-24-15-10-17(26-3)16(25-2)9-13(15)6-7-18(22)21-12-19(23)20-11-14-5-4-8-27-14/h4-10H,11-12H2,1-3H3,(H,20,23)(H,21,22)/b7-6+. The number of ether oxygens (including phenoxy) is 3. The molecule has 8 nitrogen and oxygen atoms in total. The Labute approximate surface area is 157 Å². The van der Waals surface area contributed by atoms with Crippen molar-refractivity contribution in [1.29, 1.82) is 0 Å². The number of benzene rings is 1. The van der Waals surface area contributed by atoms with E-state index in [1.807, 2.05) is 0 Å². The van der Waals surface area contributed by atoms with Gasteiger partial charge in [-0.05, 0) is 24.3 Å². The minimum atomic E-state index is -0.417. The number of hydrogen-bond acceptors (Lipinski definition) is 6. The molecule has 2 aromatic rings. The van der Waals surface area contributed by atoms with Crippen LogP contribution in [-0.2, 0) is 16.1 Å². The molecule has 1 heterocycles. The second-order valence-electron chi connectivity index (χ2n) is 5.36. The molecular formula is C19H22N2O6. The molecule has 27 heavy (non-hydrogen) atoms. The van der Waals surface area contributed by atoms with Crippen LogP contribution in [0.5, 0.6) is 17.2 Å². The molecular weight excluding hydrogens is 352 g/mol. The molecule has 1 aromatic carbocycles. The molecule has 0 atom stereocenters. The summed E-state index contributed by atoms with van der Waals surface area (Å²) in [5.74, 6) is 1.44. The first-order chi connectivity index (χ1) is 13.1. The Morgan fingerprint density at radius 1 is 1.04 bits per heavy atom. The fourth-order valence-corrected chi connectivity index (χ4v) is 2.24. The molecule has 0 bridgehead atoms. The van der Waals surface area contributed by atoms with E-state index in [1.165, 1.54) is 33.7 Å². The lowest BCUT2D eigenvalue weighted by atomic mass is 10.1. The van der Waals surface area contributed by atoms with Gasteiger partial charge in [0.05, 0.1) is 40.7 Å². The third-order valence-corrected chi connectivity index (χ3v) is 3.61. The summed E-state index contributed by atoms with van der Waals surface area (Å²) in [5, 5.41) is 5.14. The lowest BCUT2D eigenvalue weighted by Crippen LogP contribution is -2.35. The van der Waals surface area contributed by atoms with Gasteiger partial charge in [-0.1, -0.05) is 0 Å². The van der Waals surface area contributed by atoms with Crippen LogP contribution in [0.2, 0.25) is 0 Å². The van der Waals surface area contributed by atoms with Gasteiger partial charge < -0.3 is 29.3 Å². The Balaban J connectivity index is 1.90. The summed E-state index contributed by atoms with van der Waals surface area (Å²) in [7, 11) is 4.56. The normalized spacial score (nSPS) is 10.5. The van der Waals surface area contributed by atoms with Crippen molar-refractivity contribution in [2.45, 2.75) is 6.54 Å². The van der Waals surface area contributed by atoms with Crippen molar-refractivity contribution in [1.82, 2.24) is 10.6 Å². The first kappa shape index (κ1) is 19.9. The Kier molecular flexibility index (Phi) is 7.30. The second-order valence-corrected chi connectivity index (χ2v) is 5.36. The fourth-order valence-electron chi connectivity index (χ4n) is 2.24. The van der Waals surface area contributed by atoms with Crippen molar-refractivity contribution in [3.63, 3.8) is 0 Å². The Hall–Kier alpha value is -3.42. The average Bonchev–Trinajstić information content (AvgIpc) is 3.21. The maximum absolute atomic E-state index is 11.9. The van der Waals surface area contributed by atoms with Crippen molar-refractivity contribution in [2.75, 3.05) is 27.9 Å². The fraction of sp³-hybridized carbons (Fsp3) is 0.263. The van der Waals surface area contributed by atoms with E-state index in [2.05, 4.69) is 10.6 Å². The van der Waals surface area contributed by atoms with Gasteiger partial charge in [0.25, 0.3) is 0 Å². The van der Waals surface area contributed by atoms with Crippen molar-refractivity contribution < 1.29 is 28.2 Å². The van der Waals surface area contributed by atoms with E-state index in [1.54, 1.807) is 30.3 Å². The molecule has 8 heteroatoms. The van der Waals surface area contributed by atoms with E-state index in [4.69, 9.17) is 18.6 Å². The summed E-state index contributed by atoms with van der Waals surface area (Å²) in [6.07, 6.45) is 4.40. The van der Waals surface area contributed by atoms with Crippen LogP contribution < -0.4 is 24.8 Å². The number of hydrogen-bond donors (Lipinski definition) is 2. The van der Waals surface area contributed by atoms with Gasteiger partial charge in [0.2, 0.25) is 11.8 Å². The highest BCUT2D eigenvalue weighted by Gasteiger charge is 2.10. The van der Waals surface area contributed by atoms with Crippen LogP contribution in [0.3, 0.4) is 0 Å². The first-order valence-electron chi connectivity index (χ1n) is 8.12. The first-order valence-corrected chi connectivity index (χ1v) is 8.12. The molecule has 1 aromatic heterocycles. The molecule has 0 aliphatic rings. The van der Waals surface area contributed by atoms with Crippen LogP contribution in [0.4, 0.5) is 0 Å². The summed E-state index contributed by atoms with van der Waals surface area (Å²) in [5.41, 5.74) is 0.632. The average molecular weight is 374 g/mol. The third kappa shape index (κ3) is 5.81. The SMILES string of the molecule is COc1cc(OC)c(OC)cc1/C=C/C(=O)NCC(=O)NCc1ccco1. The van der Waals surface area contributed by atoms with E-state index < -0.39 is 5.91 Å². The number of rotatable bonds is 9. The van der Waals surface area contributed by atoms with Crippen LogP contribution in [0.1, 0.15) is 11.3 Å². The molecule has 144 valence electrons. The molecule has 0 radical (unpaired) electrons. The van der Waals surface area contributed by atoms with Gasteiger partial charge in [-0.25, -0.2) is 0 Å². The van der Waals surface area contributed by atoms with Crippen LogP contribution in [0, 0.1) is 0 Å². The molecule has 2 amide bonds. The van der Waals surface area contributed by atoms with E-state index >= 15 is 0 Å². The minimum Gasteiger partial charge on any atom is -0.496 e. The van der Waals surface area contributed by atoms with Gasteiger partial charge in [0.1, 0.15) is 11.5 Å². The summed E-state index contributed by atoms with van der Waals surface area (Å²) in [4.78, 5) is 23.7. The minimum absolute atomic E-state index is 0.146. The summed E-state index contributed by atoms with van der Waals surface area (Å²) >= 11 is 0. The lowest BCUT2D eigenvalue weighted by molar-refractivity contribution is -0.124. The molecule has 0 aliphatic heterocycles. The van der Waals surface area contributed by atoms with Gasteiger partial charge in [0, 0.05) is 17.7 Å². The summed E-state index contributed by atoms with van der Waals surface area (Å²) in [6, 6.07) is 6.84. The highest BCUT2D eigenvalue weighted by atomic mass is 16.5. The van der Waals surface area contributed by atoms with Gasteiger partial charge >= 0.3 is 0 Å². The Morgan fingerprint density at radius 3 is 2.37 bits per heavy atom. The molecule has 0 saturated carbocycles. The van der Waals surface area contributed by atoms with E-state index in [9.17, 15) is 9.59 Å². The number of amides is 2. The Morgan fingerprint density at radius 2 is 1.74 bits per heavy atom. The topological polar surface area (TPSA) is 99.0 Å². The number of nitrogens with one attached hydrogen (secondary N) is 2. The van der Waals surface area contributed by atoms with Crippen molar-refractivity contribution >= 4 is 17.9 Å². The largest absolute Gasteiger partial charge is 0.496 e. The molecule has 0 aliphatic carbocycles. The maximum Gasteiger partial charge on any atom is 0.244 e. The molecule has 0 unspecified atom stereocenters. The summed E-state index contributed by atoms with van der Waals surface area (Å²) < 4.78 is 20.9. The van der Waals surface area contributed by atoms with Gasteiger partial charge in [0.15, 0.2) is 11.5 Å². The predicted octanol–water partition coefficient (Wildman–Crippen LogP) is 1.75. The molecule has 2 N–H and O–H groups in total. The van der Waals surface area contributed by atoms with Gasteiger partial charge in [-0.2, -0.15) is 0 Å². The van der Waals surface area contributed by atoms with Crippen LogP contribution in [-0.4, -0.2) is 39.7 Å². The van der Waals surface area contributed by atoms with E-state index in [0.29, 0.717) is 28.6 Å². The summed E-state index contributed by atoms with van der Waals surface area (Å²) in [6.45, 7) is 0.118. The van der Waals surface area contributed by atoms with Crippen molar-refractivity contribution in [3.05, 3.63) is 47.9 Å². The third-order valence-electron chi connectivity index (χ3n) is 3.61.